The molecule has 1 fully saturated rings. The number of ether oxygens (including phenoxy) is 1. The van der Waals surface area contributed by atoms with Crippen LogP contribution in [-0.2, 0) is 0 Å². The zero-order chi connectivity index (χ0) is 16.8. The van der Waals surface area contributed by atoms with Gasteiger partial charge >= 0.3 is 0 Å². The van der Waals surface area contributed by atoms with Gasteiger partial charge in [-0.05, 0) is 37.1 Å². The van der Waals surface area contributed by atoms with Crippen LogP contribution in [0.2, 0.25) is 0 Å². The minimum atomic E-state index is 0.357. The molecule has 0 N–H and O–H groups in total. The molecular formula is C22H28NO+. The van der Waals surface area contributed by atoms with Gasteiger partial charge in [0.25, 0.3) is 0 Å². The summed E-state index contributed by atoms with van der Waals surface area (Å²) in [5, 5.41) is 0. The van der Waals surface area contributed by atoms with E-state index in [0.29, 0.717) is 6.10 Å². The molecule has 1 saturated heterocycles. The maximum Gasteiger partial charge on any atom is 0.153 e. The van der Waals surface area contributed by atoms with E-state index in [1.54, 1.807) is 0 Å². The van der Waals surface area contributed by atoms with E-state index in [9.17, 15) is 0 Å². The van der Waals surface area contributed by atoms with E-state index in [-0.39, 0.29) is 0 Å². The van der Waals surface area contributed by atoms with Gasteiger partial charge in [0.2, 0.25) is 0 Å². The quantitative estimate of drug-likeness (QED) is 0.545. The summed E-state index contributed by atoms with van der Waals surface area (Å²) < 4.78 is 7.41. The van der Waals surface area contributed by atoms with E-state index < -0.39 is 0 Å². The first kappa shape index (κ1) is 16.8. The molecule has 126 valence electrons. The highest BCUT2D eigenvalue weighted by atomic mass is 16.5. The number of quaternary nitrogens is 1. The Morgan fingerprint density at radius 2 is 1.54 bits per heavy atom. The Hall–Kier alpha value is -2.06. The first-order valence-electron chi connectivity index (χ1n) is 9.08. The zero-order valence-electron chi connectivity index (χ0n) is 14.8. The molecule has 0 unspecified atom stereocenters. The Morgan fingerprint density at radius 3 is 2.12 bits per heavy atom. The van der Waals surface area contributed by atoms with E-state index in [2.05, 4.69) is 74.5 Å². The lowest BCUT2D eigenvalue weighted by Crippen LogP contribution is -2.46. The molecule has 3 rings (SSSR count). The van der Waals surface area contributed by atoms with Crippen molar-refractivity contribution in [3.05, 3.63) is 65.7 Å². The fourth-order valence-corrected chi connectivity index (χ4v) is 3.53. The lowest BCUT2D eigenvalue weighted by molar-refractivity contribution is -0.914. The number of hydrogen-bond donors (Lipinski definition) is 0. The average molecular weight is 322 g/mol. The Kier molecular flexibility index (Phi) is 5.37. The molecule has 0 bridgehead atoms. The number of likely N-dealkylation sites (tertiary alicyclic amines) is 1. The van der Waals surface area contributed by atoms with E-state index in [0.717, 1.165) is 18.7 Å². The van der Waals surface area contributed by atoms with Crippen molar-refractivity contribution in [2.45, 2.75) is 26.4 Å². The molecule has 2 heteroatoms. The van der Waals surface area contributed by atoms with Gasteiger partial charge in [0.15, 0.2) is 6.10 Å². The second-order valence-electron chi connectivity index (χ2n) is 6.72. The van der Waals surface area contributed by atoms with Gasteiger partial charge in [-0.25, -0.2) is 0 Å². The van der Waals surface area contributed by atoms with Gasteiger partial charge in [-0.15, -0.1) is 0 Å². The van der Waals surface area contributed by atoms with Crippen molar-refractivity contribution in [2.24, 2.45) is 0 Å². The molecule has 24 heavy (non-hydrogen) atoms. The van der Waals surface area contributed by atoms with Crippen LogP contribution >= 0.6 is 0 Å². The number of benzene rings is 2. The number of rotatable bonds is 6. The molecule has 1 atom stereocenters. The van der Waals surface area contributed by atoms with E-state index >= 15 is 0 Å². The minimum absolute atomic E-state index is 0.357. The minimum Gasteiger partial charge on any atom is -0.484 e. The second kappa shape index (κ2) is 7.67. The third kappa shape index (κ3) is 4.07. The van der Waals surface area contributed by atoms with Crippen molar-refractivity contribution in [1.29, 1.82) is 0 Å². The Labute approximate surface area is 146 Å². The summed E-state index contributed by atoms with van der Waals surface area (Å²) in [4.78, 5) is 0. The van der Waals surface area contributed by atoms with Crippen LogP contribution in [0.3, 0.4) is 0 Å². The summed E-state index contributed by atoms with van der Waals surface area (Å²) in [6.07, 6.45) is 5.80. The van der Waals surface area contributed by atoms with E-state index in [4.69, 9.17) is 4.74 Å². The van der Waals surface area contributed by atoms with Gasteiger partial charge in [0, 0.05) is 6.42 Å². The molecule has 2 nitrogen and oxygen atoms in total. The van der Waals surface area contributed by atoms with E-state index in [1.165, 1.54) is 35.2 Å². The first-order chi connectivity index (χ1) is 11.7. The van der Waals surface area contributed by atoms with Crippen LogP contribution < -0.4 is 4.74 Å². The molecule has 2 aromatic carbocycles. The van der Waals surface area contributed by atoms with Crippen LogP contribution in [0.25, 0.3) is 12.2 Å². The van der Waals surface area contributed by atoms with Crippen LogP contribution in [0.15, 0.2) is 54.6 Å². The summed E-state index contributed by atoms with van der Waals surface area (Å²) in [5.74, 6) is 0.990. The average Bonchev–Trinajstić information content (AvgIpc) is 3.06. The lowest BCUT2D eigenvalue weighted by atomic mass is 10.1. The number of nitrogens with zero attached hydrogens (tertiary/aromatic N) is 1. The summed E-state index contributed by atoms with van der Waals surface area (Å²) in [5.41, 5.74) is 2.42. The molecule has 0 saturated carbocycles. The standard InChI is InChI=1S/C22H28NO/c1-3-23(4-2)17-16-22(18-23)24-21-14-12-20(13-15-21)11-10-19-8-6-5-7-9-19/h5-15,22H,3-4,16-18H2,1-2H3/q+1/t22-/m1/s1. The summed E-state index contributed by atoms with van der Waals surface area (Å²) in [7, 11) is 0. The van der Waals surface area contributed by atoms with Gasteiger partial charge in [0.05, 0.1) is 19.6 Å². The lowest BCUT2D eigenvalue weighted by Gasteiger charge is -2.31. The smallest absolute Gasteiger partial charge is 0.153 e. The van der Waals surface area contributed by atoms with Gasteiger partial charge in [-0.2, -0.15) is 0 Å². The first-order valence-corrected chi connectivity index (χ1v) is 9.08. The predicted octanol–water partition coefficient (Wildman–Crippen LogP) is 4.86. The predicted molar refractivity (Wildman–Crippen MR) is 102 cm³/mol. The Bertz CT molecular complexity index is 656. The number of likely N-dealkylation sites (N-methyl/N-ethyl adjacent to an activating group) is 1. The van der Waals surface area contributed by atoms with Crippen molar-refractivity contribution in [3.8, 4) is 5.75 Å². The van der Waals surface area contributed by atoms with Crippen LogP contribution in [-0.4, -0.2) is 36.8 Å². The maximum absolute atomic E-state index is 6.21. The fourth-order valence-electron chi connectivity index (χ4n) is 3.53. The van der Waals surface area contributed by atoms with Crippen LogP contribution in [0.5, 0.6) is 5.75 Å². The summed E-state index contributed by atoms with van der Waals surface area (Å²) in [6.45, 7) is 9.39. The zero-order valence-corrected chi connectivity index (χ0v) is 14.8. The van der Waals surface area contributed by atoms with Crippen molar-refractivity contribution in [1.82, 2.24) is 0 Å². The van der Waals surface area contributed by atoms with E-state index in [1.807, 2.05) is 6.07 Å². The third-order valence-corrected chi connectivity index (χ3v) is 5.31. The maximum atomic E-state index is 6.21. The molecule has 0 aliphatic carbocycles. The highest BCUT2D eigenvalue weighted by molar-refractivity contribution is 5.69. The molecule has 0 radical (unpaired) electrons. The molecule has 1 aliphatic rings. The molecular weight excluding hydrogens is 294 g/mol. The normalized spacial score (nSPS) is 19.7. The third-order valence-electron chi connectivity index (χ3n) is 5.31. The van der Waals surface area contributed by atoms with Crippen molar-refractivity contribution in [2.75, 3.05) is 26.2 Å². The van der Waals surface area contributed by atoms with Gasteiger partial charge in [-0.3, -0.25) is 0 Å². The molecule has 1 aliphatic heterocycles. The number of hydrogen-bond acceptors (Lipinski definition) is 1. The van der Waals surface area contributed by atoms with Gasteiger partial charge in [0.1, 0.15) is 12.3 Å². The topological polar surface area (TPSA) is 9.23 Å². The largest absolute Gasteiger partial charge is 0.484 e. The van der Waals surface area contributed by atoms with Crippen molar-refractivity contribution in [3.63, 3.8) is 0 Å². The van der Waals surface area contributed by atoms with Crippen LogP contribution in [0.4, 0.5) is 0 Å². The van der Waals surface area contributed by atoms with Crippen molar-refractivity contribution >= 4 is 12.2 Å². The second-order valence-corrected chi connectivity index (χ2v) is 6.72. The van der Waals surface area contributed by atoms with Gasteiger partial charge < -0.3 is 9.22 Å². The van der Waals surface area contributed by atoms with Crippen LogP contribution in [0, 0.1) is 0 Å². The fraction of sp³-hybridized carbons (Fsp3) is 0.364. The summed E-state index contributed by atoms with van der Waals surface area (Å²) >= 11 is 0. The highest BCUT2D eigenvalue weighted by Crippen LogP contribution is 2.24. The van der Waals surface area contributed by atoms with Gasteiger partial charge in [-0.1, -0.05) is 54.6 Å². The molecule has 0 amide bonds. The molecule has 0 spiro atoms. The van der Waals surface area contributed by atoms with Crippen LogP contribution in [0.1, 0.15) is 31.4 Å². The molecule has 1 heterocycles. The summed E-state index contributed by atoms with van der Waals surface area (Å²) in [6, 6.07) is 18.8. The van der Waals surface area contributed by atoms with Crippen molar-refractivity contribution < 1.29 is 9.22 Å². The molecule has 0 aromatic heterocycles. The SMILES string of the molecule is CC[N+]1(CC)CC[C@@H](Oc2ccc(C=Cc3ccccc3)cc2)C1. The Morgan fingerprint density at radius 1 is 0.917 bits per heavy atom. The Balaban J connectivity index is 1.58. The monoisotopic (exact) mass is 322 g/mol. The molecule has 2 aromatic rings. The highest BCUT2D eigenvalue weighted by Gasteiger charge is 2.36.